The third-order valence-electron chi connectivity index (χ3n) is 11.5. The van der Waals surface area contributed by atoms with Crippen molar-refractivity contribution in [3.63, 3.8) is 0 Å². The summed E-state index contributed by atoms with van der Waals surface area (Å²) in [5, 5.41) is 29.4. The summed E-state index contributed by atoms with van der Waals surface area (Å²) in [7, 11) is 2.07. The van der Waals surface area contributed by atoms with E-state index in [1.54, 1.807) is 0 Å². The highest BCUT2D eigenvalue weighted by Gasteiger charge is 2.56. The van der Waals surface area contributed by atoms with E-state index in [4.69, 9.17) is 15.1 Å². The Morgan fingerprint density at radius 2 is 1.59 bits per heavy atom. The predicted octanol–water partition coefficient (Wildman–Crippen LogP) is 4.75. The molecule has 7 nitrogen and oxygen atoms in total. The normalized spacial score (nSPS) is 46.9. The third kappa shape index (κ3) is 5.82. The highest BCUT2D eigenvalue weighted by Crippen LogP contribution is 2.53. The van der Waals surface area contributed by atoms with Gasteiger partial charge in [-0.3, -0.25) is 0 Å². The largest absolute Gasteiger partial charge is 0.390 e. The Kier molecular flexibility index (Phi) is 8.83. The number of aliphatic hydroxyl groups excluding tert-OH is 1. The molecule has 9 atom stereocenters. The molecular formula is C30H53N5O2. The fourth-order valence-corrected chi connectivity index (χ4v) is 9.46. The Morgan fingerprint density at radius 1 is 0.811 bits per heavy atom. The number of rotatable bonds is 7. The zero-order valence-corrected chi connectivity index (χ0v) is 23.2. The lowest BCUT2D eigenvalue weighted by atomic mass is 9.58. The third-order valence-corrected chi connectivity index (χ3v) is 11.5. The van der Waals surface area contributed by atoms with Gasteiger partial charge in [-0.05, 0) is 95.4 Å². The minimum atomic E-state index is -0.463. The SMILES string of the molecule is CNC1CCC(N=NC2C(O)C(CONC3CCCCC3)CC3CCC4C5CCCCC5NC4C32)CC1. The van der Waals surface area contributed by atoms with Gasteiger partial charge in [0, 0.05) is 36.0 Å². The monoisotopic (exact) mass is 515 g/mol. The van der Waals surface area contributed by atoms with Crippen molar-refractivity contribution in [1.82, 2.24) is 16.1 Å². The Balaban J connectivity index is 1.16. The van der Waals surface area contributed by atoms with Gasteiger partial charge in [0.2, 0.25) is 0 Å². The van der Waals surface area contributed by atoms with Crippen molar-refractivity contribution in [2.45, 2.75) is 145 Å². The van der Waals surface area contributed by atoms with Gasteiger partial charge in [0.05, 0.1) is 18.8 Å². The lowest BCUT2D eigenvalue weighted by Gasteiger charge is -2.50. The highest BCUT2D eigenvalue weighted by atomic mass is 16.6. The second-order valence-electron chi connectivity index (χ2n) is 13.6. The van der Waals surface area contributed by atoms with Crippen LogP contribution in [0.25, 0.3) is 0 Å². The molecule has 6 rings (SSSR count). The van der Waals surface area contributed by atoms with E-state index in [-0.39, 0.29) is 12.0 Å². The maximum absolute atomic E-state index is 11.8. The van der Waals surface area contributed by atoms with E-state index in [2.05, 4.69) is 23.2 Å². The first-order chi connectivity index (χ1) is 18.2. The Labute approximate surface area is 224 Å². The summed E-state index contributed by atoms with van der Waals surface area (Å²) in [4.78, 5) is 6.09. The number of hydroxylamine groups is 1. The molecule has 0 bridgehead atoms. The van der Waals surface area contributed by atoms with E-state index in [1.807, 2.05) is 0 Å². The van der Waals surface area contributed by atoms with Crippen molar-refractivity contribution in [3.8, 4) is 0 Å². The van der Waals surface area contributed by atoms with Crippen molar-refractivity contribution in [3.05, 3.63) is 0 Å². The Bertz CT molecular complexity index is 752. The molecule has 7 heteroatoms. The zero-order valence-electron chi connectivity index (χ0n) is 23.2. The summed E-state index contributed by atoms with van der Waals surface area (Å²) < 4.78 is 0. The van der Waals surface area contributed by atoms with Gasteiger partial charge < -0.3 is 20.6 Å². The topological polar surface area (TPSA) is 90.3 Å². The molecule has 4 N–H and O–H groups in total. The summed E-state index contributed by atoms with van der Waals surface area (Å²) in [6.07, 6.45) is 19.7. The van der Waals surface area contributed by atoms with Gasteiger partial charge in [0.25, 0.3) is 0 Å². The van der Waals surface area contributed by atoms with Gasteiger partial charge in [0.15, 0.2) is 0 Å². The second kappa shape index (κ2) is 12.3. The fraction of sp³-hybridized carbons (Fsp3) is 1.00. The summed E-state index contributed by atoms with van der Waals surface area (Å²) in [6.45, 7) is 0.590. The summed E-state index contributed by atoms with van der Waals surface area (Å²) in [5.41, 5.74) is 3.36. The lowest BCUT2D eigenvalue weighted by molar-refractivity contribution is -0.0923. The number of aliphatic hydroxyl groups is 1. The molecule has 37 heavy (non-hydrogen) atoms. The molecule has 0 aromatic rings. The highest BCUT2D eigenvalue weighted by molar-refractivity contribution is 5.11. The van der Waals surface area contributed by atoms with E-state index in [0.717, 1.165) is 31.1 Å². The Morgan fingerprint density at radius 3 is 2.41 bits per heavy atom. The van der Waals surface area contributed by atoms with Gasteiger partial charge in [-0.1, -0.05) is 32.1 Å². The molecule has 5 saturated carbocycles. The first-order valence-electron chi connectivity index (χ1n) is 16.1. The maximum Gasteiger partial charge on any atom is 0.102 e. The molecule has 0 radical (unpaired) electrons. The molecule has 0 aromatic heterocycles. The van der Waals surface area contributed by atoms with Crippen LogP contribution in [0.5, 0.6) is 0 Å². The first kappa shape index (κ1) is 26.6. The quantitative estimate of drug-likeness (QED) is 0.290. The molecular weight excluding hydrogens is 462 g/mol. The minimum Gasteiger partial charge on any atom is -0.390 e. The summed E-state index contributed by atoms with van der Waals surface area (Å²) in [6, 6.07) is 2.52. The van der Waals surface area contributed by atoms with Crippen LogP contribution in [-0.4, -0.2) is 61.1 Å². The molecule has 6 fully saturated rings. The van der Waals surface area contributed by atoms with E-state index in [0.29, 0.717) is 48.7 Å². The first-order valence-corrected chi connectivity index (χ1v) is 16.1. The van der Waals surface area contributed by atoms with E-state index >= 15 is 0 Å². The van der Waals surface area contributed by atoms with Crippen molar-refractivity contribution in [2.75, 3.05) is 13.7 Å². The molecule has 6 aliphatic rings. The average molecular weight is 516 g/mol. The molecule has 1 saturated heterocycles. The lowest BCUT2D eigenvalue weighted by Crippen LogP contribution is -2.58. The molecule has 210 valence electrons. The number of hydrogen-bond donors (Lipinski definition) is 4. The maximum atomic E-state index is 11.8. The van der Waals surface area contributed by atoms with Crippen LogP contribution in [0, 0.1) is 29.6 Å². The van der Waals surface area contributed by atoms with E-state index in [1.165, 1.54) is 83.5 Å². The van der Waals surface area contributed by atoms with Crippen molar-refractivity contribution in [2.24, 2.45) is 39.8 Å². The van der Waals surface area contributed by atoms with Crippen molar-refractivity contribution in [1.29, 1.82) is 0 Å². The van der Waals surface area contributed by atoms with Gasteiger partial charge in [-0.15, -0.1) is 0 Å². The smallest absolute Gasteiger partial charge is 0.102 e. The second-order valence-corrected chi connectivity index (χ2v) is 13.6. The van der Waals surface area contributed by atoms with Crippen LogP contribution in [0.2, 0.25) is 0 Å². The molecule has 9 unspecified atom stereocenters. The van der Waals surface area contributed by atoms with Crippen molar-refractivity contribution < 1.29 is 9.94 Å². The van der Waals surface area contributed by atoms with Crippen LogP contribution in [0.4, 0.5) is 0 Å². The van der Waals surface area contributed by atoms with Crippen molar-refractivity contribution >= 4 is 0 Å². The fourth-order valence-electron chi connectivity index (χ4n) is 9.46. The van der Waals surface area contributed by atoms with E-state index < -0.39 is 6.10 Å². The summed E-state index contributed by atoms with van der Waals surface area (Å²) in [5.74, 6) is 2.78. The van der Waals surface area contributed by atoms with Gasteiger partial charge in [-0.2, -0.15) is 15.7 Å². The van der Waals surface area contributed by atoms with Crippen LogP contribution in [-0.2, 0) is 4.84 Å². The van der Waals surface area contributed by atoms with Crippen LogP contribution >= 0.6 is 0 Å². The molecule has 5 aliphatic carbocycles. The standard InChI is InChI=1S/C30H53N5O2/c1-31-21-12-14-22(15-13-21)33-34-29-27-19(11-16-25-24-9-5-6-10-26(24)32-28(25)27)17-20(30(29)36)18-37-35-23-7-3-2-4-8-23/h19-32,35-36H,2-18H2,1H3. The van der Waals surface area contributed by atoms with Gasteiger partial charge in [0.1, 0.15) is 6.04 Å². The zero-order chi connectivity index (χ0) is 25.2. The number of fused-ring (bicyclic) bond motifs is 5. The molecule has 0 spiro atoms. The Hall–Kier alpha value is -0.600. The molecule has 0 amide bonds. The van der Waals surface area contributed by atoms with Crippen LogP contribution < -0.4 is 16.1 Å². The van der Waals surface area contributed by atoms with E-state index in [9.17, 15) is 5.11 Å². The minimum absolute atomic E-state index is 0.0930. The summed E-state index contributed by atoms with van der Waals surface area (Å²) >= 11 is 0. The number of hydrogen-bond acceptors (Lipinski definition) is 7. The number of nitrogens with one attached hydrogen (secondary N) is 3. The van der Waals surface area contributed by atoms with Gasteiger partial charge >= 0.3 is 0 Å². The van der Waals surface area contributed by atoms with Crippen LogP contribution in [0.15, 0.2) is 10.2 Å². The predicted molar refractivity (Wildman–Crippen MR) is 146 cm³/mol. The average Bonchev–Trinajstić information content (AvgIpc) is 3.33. The van der Waals surface area contributed by atoms with Crippen LogP contribution in [0.1, 0.15) is 103 Å². The molecule has 1 aliphatic heterocycles. The molecule has 1 heterocycles. The van der Waals surface area contributed by atoms with Crippen LogP contribution in [0.3, 0.4) is 0 Å². The number of nitrogens with zero attached hydrogens (tertiary/aromatic N) is 2. The van der Waals surface area contributed by atoms with Gasteiger partial charge in [-0.25, -0.2) is 0 Å². The number of azo groups is 1. The molecule has 0 aromatic carbocycles.